The molecular formula is C12H21FO. The van der Waals surface area contributed by atoms with Gasteiger partial charge in [0.2, 0.25) is 0 Å². The summed E-state index contributed by atoms with van der Waals surface area (Å²) >= 11 is 0. The first-order valence-corrected chi connectivity index (χ1v) is 5.84. The monoisotopic (exact) mass is 200 g/mol. The van der Waals surface area contributed by atoms with Crippen LogP contribution in [0.25, 0.3) is 0 Å². The van der Waals surface area contributed by atoms with Crippen LogP contribution in [0.1, 0.15) is 57.8 Å². The van der Waals surface area contributed by atoms with Crippen molar-refractivity contribution in [1.29, 1.82) is 0 Å². The van der Waals surface area contributed by atoms with Crippen LogP contribution in [0.4, 0.5) is 4.39 Å². The van der Waals surface area contributed by atoms with Gasteiger partial charge in [-0.05, 0) is 19.3 Å². The van der Waals surface area contributed by atoms with E-state index in [9.17, 15) is 9.50 Å². The number of hydrogen-bond acceptors (Lipinski definition) is 1. The molecule has 0 heterocycles. The quantitative estimate of drug-likeness (QED) is 0.631. The number of aliphatic hydroxyl groups excluding tert-OH is 1. The molecule has 0 saturated carbocycles. The second kappa shape index (κ2) is 6.99. The zero-order chi connectivity index (χ0) is 10.2. The number of aliphatic hydroxyl groups is 1. The largest absolute Gasteiger partial charge is 0.386 e. The second-order valence-electron chi connectivity index (χ2n) is 4.16. The van der Waals surface area contributed by atoms with E-state index < -0.39 is 6.10 Å². The predicted molar refractivity (Wildman–Crippen MR) is 56.8 cm³/mol. The van der Waals surface area contributed by atoms with Crippen molar-refractivity contribution in [2.75, 3.05) is 0 Å². The molecule has 1 nitrogen and oxygen atoms in total. The third-order valence-electron chi connectivity index (χ3n) is 2.84. The van der Waals surface area contributed by atoms with Gasteiger partial charge in [0.05, 0.1) is 0 Å². The molecule has 1 aliphatic carbocycles. The van der Waals surface area contributed by atoms with E-state index in [0.717, 1.165) is 25.7 Å². The summed E-state index contributed by atoms with van der Waals surface area (Å²) < 4.78 is 13.2. The summed E-state index contributed by atoms with van der Waals surface area (Å²) in [6, 6.07) is 0. The van der Waals surface area contributed by atoms with Gasteiger partial charge in [0.1, 0.15) is 11.9 Å². The van der Waals surface area contributed by atoms with Crippen molar-refractivity contribution in [3.8, 4) is 0 Å². The summed E-state index contributed by atoms with van der Waals surface area (Å²) in [5, 5.41) is 9.42. The second-order valence-corrected chi connectivity index (χ2v) is 4.16. The number of rotatable bonds is 0. The maximum Gasteiger partial charge on any atom is 0.124 e. The zero-order valence-electron chi connectivity index (χ0n) is 8.84. The molecule has 1 aliphatic rings. The molecule has 1 rings (SSSR count). The summed E-state index contributed by atoms with van der Waals surface area (Å²) in [6.07, 6.45) is 10.2. The molecule has 0 amide bonds. The summed E-state index contributed by atoms with van der Waals surface area (Å²) in [5.41, 5.74) is 0. The van der Waals surface area contributed by atoms with Crippen LogP contribution in [0, 0.1) is 0 Å². The summed E-state index contributed by atoms with van der Waals surface area (Å²) in [5.74, 6) is -0.314. The van der Waals surface area contributed by atoms with Gasteiger partial charge in [-0.1, -0.05) is 44.6 Å². The SMILES string of the molecule is OC1CCCCCCCCC/C=C/1F. The van der Waals surface area contributed by atoms with E-state index in [-0.39, 0.29) is 5.83 Å². The maximum absolute atomic E-state index is 13.2. The van der Waals surface area contributed by atoms with Crippen LogP contribution in [-0.2, 0) is 0 Å². The van der Waals surface area contributed by atoms with Crippen molar-refractivity contribution in [3.63, 3.8) is 0 Å². The molecule has 0 spiro atoms. The fourth-order valence-corrected chi connectivity index (χ4v) is 1.88. The molecule has 0 aromatic carbocycles. The van der Waals surface area contributed by atoms with E-state index in [1.54, 1.807) is 6.08 Å². The minimum absolute atomic E-state index is 0.314. The van der Waals surface area contributed by atoms with Crippen LogP contribution in [0.3, 0.4) is 0 Å². The molecule has 0 bridgehead atoms. The Morgan fingerprint density at radius 2 is 1.57 bits per heavy atom. The Hall–Kier alpha value is -0.370. The maximum atomic E-state index is 13.2. The Morgan fingerprint density at radius 1 is 1.00 bits per heavy atom. The number of hydrogen-bond donors (Lipinski definition) is 1. The van der Waals surface area contributed by atoms with Crippen LogP contribution < -0.4 is 0 Å². The summed E-state index contributed by atoms with van der Waals surface area (Å²) in [4.78, 5) is 0. The highest BCUT2D eigenvalue weighted by Crippen LogP contribution is 2.17. The average molecular weight is 200 g/mol. The molecule has 14 heavy (non-hydrogen) atoms. The van der Waals surface area contributed by atoms with Gasteiger partial charge in [0, 0.05) is 0 Å². The van der Waals surface area contributed by atoms with E-state index in [1.165, 1.54) is 25.7 Å². The third kappa shape index (κ3) is 4.75. The van der Waals surface area contributed by atoms with Gasteiger partial charge >= 0.3 is 0 Å². The average Bonchev–Trinajstić information content (AvgIpc) is 2.18. The van der Waals surface area contributed by atoms with Crippen LogP contribution in [0.15, 0.2) is 11.9 Å². The first kappa shape index (κ1) is 11.7. The fraction of sp³-hybridized carbons (Fsp3) is 0.833. The standard InChI is InChI=1S/C12H21FO/c13-11-9-7-5-3-1-2-4-6-8-10-12(11)14/h9,12,14H,1-8,10H2/b11-9-. The smallest absolute Gasteiger partial charge is 0.124 e. The zero-order valence-corrected chi connectivity index (χ0v) is 8.84. The van der Waals surface area contributed by atoms with Crippen molar-refractivity contribution >= 4 is 0 Å². The highest BCUT2D eigenvalue weighted by molar-refractivity contribution is 4.98. The van der Waals surface area contributed by atoms with Gasteiger partial charge in [0.25, 0.3) is 0 Å². The molecule has 1 unspecified atom stereocenters. The molecular weight excluding hydrogens is 179 g/mol. The molecule has 0 aromatic heterocycles. The Kier molecular flexibility index (Phi) is 5.85. The Balaban J connectivity index is 2.36. The predicted octanol–water partition coefficient (Wildman–Crippen LogP) is 3.73. The molecule has 1 atom stereocenters. The topological polar surface area (TPSA) is 20.2 Å². The van der Waals surface area contributed by atoms with E-state index in [2.05, 4.69) is 0 Å². The van der Waals surface area contributed by atoms with E-state index in [4.69, 9.17) is 0 Å². The molecule has 0 aromatic rings. The fourth-order valence-electron chi connectivity index (χ4n) is 1.88. The first-order valence-electron chi connectivity index (χ1n) is 5.84. The van der Waals surface area contributed by atoms with Crippen LogP contribution in [0.2, 0.25) is 0 Å². The van der Waals surface area contributed by atoms with Gasteiger partial charge in [-0.2, -0.15) is 0 Å². The Bertz CT molecular complexity index is 177. The first-order chi connectivity index (χ1) is 6.80. The highest BCUT2D eigenvalue weighted by Gasteiger charge is 2.09. The van der Waals surface area contributed by atoms with Gasteiger partial charge in [-0.15, -0.1) is 0 Å². The summed E-state index contributed by atoms with van der Waals surface area (Å²) in [6.45, 7) is 0. The lowest BCUT2D eigenvalue weighted by Gasteiger charge is -2.09. The van der Waals surface area contributed by atoms with Gasteiger partial charge in [-0.3, -0.25) is 0 Å². The Labute approximate surface area is 86.0 Å². The lowest BCUT2D eigenvalue weighted by molar-refractivity contribution is 0.168. The minimum atomic E-state index is -0.838. The molecule has 1 N–H and O–H groups in total. The molecule has 82 valence electrons. The van der Waals surface area contributed by atoms with Crippen LogP contribution in [0.5, 0.6) is 0 Å². The number of halogens is 1. The van der Waals surface area contributed by atoms with Crippen molar-refractivity contribution in [2.24, 2.45) is 0 Å². The van der Waals surface area contributed by atoms with Crippen molar-refractivity contribution in [2.45, 2.75) is 63.9 Å². The van der Waals surface area contributed by atoms with E-state index in [1.807, 2.05) is 0 Å². The normalized spacial score (nSPS) is 31.0. The molecule has 0 fully saturated rings. The molecule has 0 saturated heterocycles. The third-order valence-corrected chi connectivity index (χ3v) is 2.84. The van der Waals surface area contributed by atoms with Crippen molar-refractivity contribution in [3.05, 3.63) is 11.9 Å². The molecule has 2 heteroatoms. The Morgan fingerprint density at radius 3 is 2.29 bits per heavy atom. The number of allylic oxidation sites excluding steroid dienone is 1. The lowest BCUT2D eigenvalue weighted by atomic mass is 10.0. The molecule has 0 aliphatic heterocycles. The highest BCUT2D eigenvalue weighted by atomic mass is 19.1. The van der Waals surface area contributed by atoms with E-state index >= 15 is 0 Å². The van der Waals surface area contributed by atoms with Gasteiger partial charge in [0.15, 0.2) is 0 Å². The van der Waals surface area contributed by atoms with Crippen LogP contribution in [-0.4, -0.2) is 11.2 Å². The molecule has 0 radical (unpaired) electrons. The van der Waals surface area contributed by atoms with Crippen molar-refractivity contribution < 1.29 is 9.50 Å². The van der Waals surface area contributed by atoms with Gasteiger partial charge in [-0.25, -0.2) is 4.39 Å². The summed E-state index contributed by atoms with van der Waals surface area (Å²) in [7, 11) is 0. The van der Waals surface area contributed by atoms with Gasteiger partial charge < -0.3 is 5.11 Å². The van der Waals surface area contributed by atoms with E-state index in [0.29, 0.717) is 6.42 Å². The minimum Gasteiger partial charge on any atom is -0.386 e. The lowest BCUT2D eigenvalue weighted by Crippen LogP contribution is -2.07. The van der Waals surface area contributed by atoms with Crippen LogP contribution >= 0.6 is 0 Å². The van der Waals surface area contributed by atoms with Crippen molar-refractivity contribution in [1.82, 2.24) is 0 Å².